The third-order valence-electron chi connectivity index (χ3n) is 6.50. The van der Waals surface area contributed by atoms with E-state index < -0.39 is 0 Å². The number of piperazine rings is 1. The van der Waals surface area contributed by atoms with Gasteiger partial charge < -0.3 is 10.2 Å². The lowest BCUT2D eigenvalue weighted by Crippen LogP contribution is -2.71. The fourth-order valence-corrected chi connectivity index (χ4v) is 4.91. The van der Waals surface area contributed by atoms with E-state index in [0.717, 1.165) is 30.8 Å². The van der Waals surface area contributed by atoms with E-state index in [1.165, 1.54) is 16.7 Å². The first-order chi connectivity index (χ1) is 15.1. The van der Waals surface area contributed by atoms with Crippen LogP contribution in [-0.2, 0) is 6.54 Å². The predicted molar refractivity (Wildman–Crippen MR) is 123 cm³/mol. The highest BCUT2D eigenvalue weighted by Gasteiger charge is 2.46. The molecule has 0 aliphatic carbocycles. The number of amides is 1. The van der Waals surface area contributed by atoms with Gasteiger partial charge in [-0.05, 0) is 40.5 Å². The first kappa shape index (κ1) is 19.9. The van der Waals surface area contributed by atoms with Gasteiger partial charge in [0.2, 0.25) is 0 Å². The number of hydrogen-bond acceptors (Lipinski definition) is 4. The second kappa shape index (κ2) is 8.25. The van der Waals surface area contributed by atoms with Crippen molar-refractivity contribution in [2.45, 2.75) is 24.5 Å². The van der Waals surface area contributed by atoms with Crippen molar-refractivity contribution in [3.05, 3.63) is 89.7 Å². The van der Waals surface area contributed by atoms with Gasteiger partial charge in [0, 0.05) is 69.7 Å². The lowest BCUT2D eigenvalue weighted by atomic mass is 9.74. The van der Waals surface area contributed by atoms with Crippen molar-refractivity contribution in [3.8, 4) is 11.1 Å². The highest BCUT2D eigenvalue weighted by molar-refractivity contribution is 5.94. The predicted octanol–water partition coefficient (Wildman–Crippen LogP) is 3.39. The lowest BCUT2D eigenvalue weighted by molar-refractivity contribution is 0.0470. The zero-order valence-corrected chi connectivity index (χ0v) is 18.0. The molecule has 1 aromatic heterocycles. The third-order valence-corrected chi connectivity index (χ3v) is 6.50. The van der Waals surface area contributed by atoms with Crippen molar-refractivity contribution in [3.63, 3.8) is 0 Å². The van der Waals surface area contributed by atoms with E-state index in [9.17, 15) is 4.79 Å². The van der Waals surface area contributed by atoms with Crippen molar-refractivity contribution >= 4 is 5.91 Å². The van der Waals surface area contributed by atoms with E-state index >= 15 is 0 Å². The minimum absolute atomic E-state index is 0.0310. The summed E-state index contributed by atoms with van der Waals surface area (Å²) in [5, 5.41) is 3.72. The second-order valence-electron chi connectivity index (χ2n) is 8.86. The number of aromatic nitrogens is 1. The monoisotopic (exact) mass is 412 g/mol. The Kier molecular flexibility index (Phi) is 5.30. The summed E-state index contributed by atoms with van der Waals surface area (Å²) in [4.78, 5) is 20.5. The molecule has 3 aliphatic rings. The molecule has 31 heavy (non-hydrogen) atoms. The lowest BCUT2D eigenvalue weighted by Gasteiger charge is -2.55. The molecule has 158 valence electrons. The number of carbonyl (C=O) groups excluding carboxylic acids is 1. The van der Waals surface area contributed by atoms with Crippen molar-refractivity contribution in [1.82, 2.24) is 20.1 Å². The standard InChI is InChI=1S/C26H28N4O/c1-29(2)26(31)22-11-7-20(8-12-22)19-5-9-21(10-6-19)25-23-16-30(17-24(25)28-23)15-18-4-3-13-27-14-18/h3-14,23-25,28H,15-17H2,1-2H3/t23-,24+,25?. The molecule has 3 saturated heterocycles. The summed E-state index contributed by atoms with van der Waals surface area (Å²) in [6.45, 7) is 3.11. The minimum Gasteiger partial charge on any atom is -0.345 e. The number of benzene rings is 2. The number of piperidine rings is 1. The molecule has 0 radical (unpaired) electrons. The van der Waals surface area contributed by atoms with Crippen LogP contribution in [0.25, 0.3) is 11.1 Å². The molecule has 5 nitrogen and oxygen atoms in total. The smallest absolute Gasteiger partial charge is 0.253 e. The molecule has 1 amide bonds. The van der Waals surface area contributed by atoms with Gasteiger partial charge in [-0.3, -0.25) is 14.7 Å². The van der Waals surface area contributed by atoms with Gasteiger partial charge in [-0.25, -0.2) is 0 Å². The Bertz CT molecular complexity index is 1040. The summed E-state index contributed by atoms with van der Waals surface area (Å²) in [6.07, 6.45) is 3.79. The van der Waals surface area contributed by atoms with Crippen LogP contribution in [0.4, 0.5) is 0 Å². The minimum atomic E-state index is 0.0310. The summed E-state index contributed by atoms with van der Waals surface area (Å²) in [5.74, 6) is 0.614. The second-order valence-corrected chi connectivity index (χ2v) is 8.86. The molecule has 6 rings (SSSR count). The molecule has 3 aromatic rings. The van der Waals surface area contributed by atoms with Crippen LogP contribution in [0.15, 0.2) is 73.1 Å². The van der Waals surface area contributed by atoms with E-state index in [-0.39, 0.29) is 5.91 Å². The van der Waals surface area contributed by atoms with Crippen LogP contribution < -0.4 is 5.32 Å². The number of nitrogens with one attached hydrogen (secondary N) is 1. The summed E-state index contributed by atoms with van der Waals surface area (Å²) < 4.78 is 0. The fourth-order valence-electron chi connectivity index (χ4n) is 4.91. The first-order valence-corrected chi connectivity index (χ1v) is 10.9. The van der Waals surface area contributed by atoms with Gasteiger partial charge in [0.1, 0.15) is 0 Å². The number of nitrogens with zero attached hydrogens (tertiary/aromatic N) is 3. The average Bonchev–Trinajstić information content (AvgIpc) is 2.80. The van der Waals surface area contributed by atoms with Crippen LogP contribution in [0.1, 0.15) is 27.4 Å². The molecule has 2 aromatic carbocycles. The largest absolute Gasteiger partial charge is 0.345 e. The van der Waals surface area contributed by atoms with Gasteiger partial charge in [0.15, 0.2) is 0 Å². The van der Waals surface area contributed by atoms with Crippen molar-refractivity contribution in [2.75, 3.05) is 27.2 Å². The molecule has 4 heterocycles. The Hall–Kier alpha value is -3.02. The topological polar surface area (TPSA) is 48.5 Å². The maximum atomic E-state index is 12.1. The summed E-state index contributed by atoms with van der Waals surface area (Å²) in [5.41, 5.74) is 5.73. The molecule has 0 saturated carbocycles. The quantitative estimate of drug-likeness (QED) is 0.698. The highest BCUT2D eigenvalue weighted by atomic mass is 16.2. The Morgan fingerprint density at radius 2 is 1.65 bits per heavy atom. The maximum Gasteiger partial charge on any atom is 0.253 e. The number of pyridine rings is 1. The molecule has 1 unspecified atom stereocenters. The van der Waals surface area contributed by atoms with E-state index in [0.29, 0.717) is 18.0 Å². The first-order valence-electron chi connectivity index (χ1n) is 10.9. The van der Waals surface area contributed by atoms with Crippen LogP contribution in [0, 0.1) is 0 Å². The molecule has 3 atom stereocenters. The summed E-state index contributed by atoms with van der Waals surface area (Å²) in [7, 11) is 3.55. The third kappa shape index (κ3) is 3.99. The Morgan fingerprint density at radius 1 is 1.00 bits per heavy atom. The van der Waals surface area contributed by atoms with E-state index in [1.807, 2.05) is 42.7 Å². The molecule has 3 fully saturated rings. The van der Waals surface area contributed by atoms with Crippen molar-refractivity contribution in [1.29, 1.82) is 0 Å². The SMILES string of the molecule is CN(C)C(=O)c1ccc(-c2ccc(C3[C@@H]4CN(Cc5cccnc5)C[C@H]3N4)cc2)cc1. The van der Waals surface area contributed by atoms with Crippen molar-refractivity contribution in [2.24, 2.45) is 0 Å². The molecule has 3 aliphatic heterocycles. The van der Waals surface area contributed by atoms with Crippen LogP contribution in [0.3, 0.4) is 0 Å². The van der Waals surface area contributed by atoms with E-state index in [1.54, 1.807) is 19.0 Å². The van der Waals surface area contributed by atoms with Crippen molar-refractivity contribution < 1.29 is 4.79 Å². The molecule has 1 N–H and O–H groups in total. The Morgan fingerprint density at radius 3 is 2.23 bits per heavy atom. The number of carbonyl (C=O) groups is 1. The number of rotatable bonds is 5. The molecular formula is C26H28N4O. The Labute approximate surface area is 183 Å². The van der Waals surface area contributed by atoms with Gasteiger partial charge in [-0.1, -0.05) is 42.5 Å². The highest BCUT2D eigenvalue weighted by Crippen LogP contribution is 2.38. The molecule has 2 bridgehead atoms. The van der Waals surface area contributed by atoms with E-state index in [2.05, 4.69) is 45.5 Å². The molecular weight excluding hydrogens is 384 g/mol. The van der Waals surface area contributed by atoms with E-state index in [4.69, 9.17) is 0 Å². The van der Waals surface area contributed by atoms with Gasteiger partial charge in [-0.2, -0.15) is 0 Å². The zero-order valence-electron chi connectivity index (χ0n) is 18.0. The van der Waals surface area contributed by atoms with Gasteiger partial charge in [0.05, 0.1) is 0 Å². The zero-order chi connectivity index (χ0) is 21.4. The maximum absolute atomic E-state index is 12.1. The summed E-state index contributed by atoms with van der Waals surface area (Å²) in [6, 6.07) is 22.0. The van der Waals surface area contributed by atoms with Crippen LogP contribution >= 0.6 is 0 Å². The fraction of sp³-hybridized carbons (Fsp3) is 0.308. The van der Waals surface area contributed by atoms with Crippen LogP contribution in [0.5, 0.6) is 0 Å². The van der Waals surface area contributed by atoms with Gasteiger partial charge in [0.25, 0.3) is 5.91 Å². The number of fused-ring (bicyclic) bond motifs is 2. The van der Waals surface area contributed by atoms with Crippen LogP contribution in [0.2, 0.25) is 0 Å². The average molecular weight is 413 g/mol. The number of hydrogen-bond donors (Lipinski definition) is 1. The molecule has 5 heteroatoms. The summed E-state index contributed by atoms with van der Waals surface area (Å²) >= 11 is 0. The Balaban J connectivity index is 1.24. The van der Waals surface area contributed by atoms with Gasteiger partial charge >= 0.3 is 0 Å². The normalized spacial score (nSPS) is 22.6. The van der Waals surface area contributed by atoms with Gasteiger partial charge in [-0.15, -0.1) is 0 Å². The molecule has 0 spiro atoms. The van der Waals surface area contributed by atoms with Crippen LogP contribution in [-0.4, -0.2) is 60.0 Å².